The Labute approximate surface area is 177 Å². The van der Waals surface area contributed by atoms with Gasteiger partial charge in [-0.25, -0.2) is 4.79 Å². The van der Waals surface area contributed by atoms with Gasteiger partial charge in [0.15, 0.2) is 11.6 Å². The molecule has 2 aliphatic carbocycles. The Morgan fingerprint density at radius 2 is 1.33 bits per heavy atom. The minimum atomic E-state index is -0.405. The Kier molecular flexibility index (Phi) is 4.75. The van der Waals surface area contributed by atoms with Gasteiger partial charge in [-0.05, 0) is 41.4 Å². The number of methoxy groups -OCH3 is 1. The van der Waals surface area contributed by atoms with Crippen LogP contribution in [0.15, 0.2) is 46.8 Å². The van der Waals surface area contributed by atoms with Crippen molar-refractivity contribution in [3.8, 4) is 0 Å². The Hall–Kier alpha value is -2.69. The molecule has 3 aliphatic rings. The van der Waals surface area contributed by atoms with Crippen LogP contribution in [0.2, 0.25) is 0 Å². The van der Waals surface area contributed by atoms with Crippen LogP contribution in [0.3, 0.4) is 0 Å². The zero-order valence-corrected chi connectivity index (χ0v) is 18.3. The summed E-state index contributed by atoms with van der Waals surface area (Å²) in [6.45, 7) is 8.43. The summed E-state index contributed by atoms with van der Waals surface area (Å²) in [4.78, 5) is 38.3. The third-order valence-electron chi connectivity index (χ3n) is 6.38. The second-order valence-corrected chi connectivity index (χ2v) is 10.3. The highest BCUT2D eigenvalue weighted by Crippen LogP contribution is 2.50. The molecule has 1 aliphatic heterocycles. The van der Waals surface area contributed by atoms with Crippen LogP contribution in [0.25, 0.3) is 0 Å². The van der Waals surface area contributed by atoms with Gasteiger partial charge in [-0.3, -0.25) is 9.59 Å². The second kappa shape index (κ2) is 6.93. The molecule has 0 unspecified atom stereocenters. The monoisotopic (exact) mass is 407 g/mol. The molecular formula is C25H29NO4. The first kappa shape index (κ1) is 20.6. The Morgan fingerprint density at radius 1 is 0.867 bits per heavy atom. The number of benzene rings is 1. The third kappa shape index (κ3) is 3.51. The maximum Gasteiger partial charge on any atom is 0.337 e. The number of dihydropyridines is 1. The lowest BCUT2D eigenvalue weighted by Gasteiger charge is -2.44. The molecule has 4 rings (SSSR count). The Bertz CT molecular complexity index is 956. The molecule has 1 heterocycles. The molecule has 5 nitrogen and oxygen atoms in total. The second-order valence-electron chi connectivity index (χ2n) is 10.3. The summed E-state index contributed by atoms with van der Waals surface area (Å²) < 4.78 is 4.80. The van der Waals surface area contributed by atoms with E-state index in [9.17, 15) is 14.4 Å². The van der Waals surface area contributed by atoms with Gasteiger partial charge in [0.1, 0.15) is 0 Å². The number of ether oxygens (including phenoxy) is 1. The molecule has 0 atom stereocenters. The number of allylic oxidation sites excluding steroid dienone is 4. The van der Waals surface area contributed by atoms with Crippen molar-refractivity contribution in [2.24, 2.45) is 10.8 Å². The van der Waals surface area contributed by atoms with Gasteiger partial charge in [-0.1, -0.05) is 39.8 Å². The first-order valence-electron chi connectivity index (χ1n) is 10.5. The molecule has 0 fully saturated rings. The van der Waals surface area contributed by atoms with Crippen LogP contribution in [-0.4, -0.2) is 24.6 Å². The molecule has 1 aromatic carbocycles. The zero-order chi connectivity index (χ0) is 21.8. The molecule has 0 aromatic heterocycles. The van der Waals surface area contributed by atoms with E-state index in [0.717, 1.165) is 29.8 Å². The van der Waals surface area contributed by atoms with Crippen molar-refractivity contribution >= 4 is 17.5 Å². The standard InChI is InChI=1S/C25H29NO4/c1-24(2)10-16-21(18(27)12-24)20(14-6-8-15(9-7-14)23(29)30-5)22-17(26-16)11-25(3,4)13-19(22)28/h6-9,20,26H,10-13H2,1-5H3. The van der Waals surface area contributed by atoms with Gasteiger partial charge in [-0.15, -0.1) is 0 Å². The van der Waals surface area contributed by atoms with E-state index in [2.05, 4.69) is 33.0 Å². The average molecular weight is 408 g/mol. The lowest BCUT2D eigenvalue weighted by molar-refractivity contribution is -0.119. The molecule has 1 N–H and O–H groups in total. The number of rotatable bonds is 2. The van der Waals surface area contributed by atoms with Crippen molar-refractivity contribution in [1.82, 2.24) is 5.32 Å². The summed E-state index contributed by atoms with van der Waals surface area (Å²) in [6.07, 6.45) is 2.48. The molecular weight excluding hydrogens is 378 g/mol. The van der Waals surface area contributed by atoms with Crippen molar-refractivity contribution in [1.29, 1.82) is 0 Å². The fourth-order valence-electron chi connectivity index (χ4n) is 5.15. The zero-order valence-electron chi connectivity index (χ0n) is 18.3. The van der Waals surface area contributed by atoms with Crippen LogP contribution in [0.5, 0.6) is 0 Å². The highest BCUT2D eigenvalue weighted by molar-refractivity contribution is 6.06. The first-order valence-corrected chi connectivity index (χ1v) is 10.5. The number of carbonyl (C=O) groups is 3. The minimum absolute atomic E-state index is 0.0972. The van der Waals surface area contributed by atoms with Crippen molar-refractivity contribution in [3.05, 3.63) is 57.9 Å². The molecule has 30 heavy (non-hydrogen) atoms. The maximum atomic E-state index is 13.3. The van der Waals surface area contributed by atoms with E-state index in [1.807, 2.05) is 12.1 Å². The Morgan fingerprint density at radius 3 is 1.77 bits per heavy atom. The predicted molar refractivity (Wildman–Crippen MR) is 114 cm³/mol. The van der Waals surface area contributed by atoms with E-state index in [1.54, 1.807) is 12.1 Å². The minimum Gasteiger partial charge on any atom is -0.465 e. The summed E-state index contributed by atoms with van der Waals surface area (Å²) in [5.41, 5.74) is 4.41. The number of hydrogen-bond donors (Lipinski definition) is 1. The van der Waals surface area contributed by atoms with E-state index < -0.39 is 5.97 Å². The molecule has 158 valence electrons. The highest BCUT2D eigenvalue weighted by atomic mass is 16.5. The average Bonchev–Trinajstić information content (AvgIpc) is 2.63. The molecule has 0 bridgehead atoms. The quantitative estimate of drug-likeness (QED) is 0.734. The molecule has 0 amide bonds. The van der Waals surface area contributed by atoms with Crippen LogP contribution in [0.4, 0.5) is 0 Å². The number of Topliss-reactive ketones (excluding diaryl/α,β-unsaturated/α-hetero) is 2. The summed E-state index contributed by atoms with van der Waals surface area (Å²) >= 11 is 0. The van der Waals surface area contributed by atoms with Gasteiger partial charge < -0.3 is 10.1 Å². The molecule has 0 saturated carbocycles. The fourth-order valence-corrected chi connectivity index (χ4v) is 5.15. The smallest absolute Gasteiger partial charge is 0.337 e. The molecule has 0 radical (unpaired) electrons. The predicted octanol–water partition coefficient (Wildman–Crippen LogP) is 4.45. The topological polar surface area (TPSA) is 72.5 Å². The van der Waals surface area contributed by atoms with Crippen molar-refractivity contribution in [3.63, 3.8) is 0 Å². The summed E-state index contributed by atoms with van der Waals surface area (Å²) in [7, 11) is 1.35. The van der Waals surface area contributed by atoms with Crippen LogP contribution < -0.4 is 5.32 Å². The normalized spacial score (nSPS) is 23.0. The van der Waals surface area contributed by atoms with Gasteiger partial charge in [0, 0.05) is 41.3 Å². The number of carbonyl (C=O) groups excluding carboxylic acids is 3. The van der Waals surface area contributed by atoms with Gasteiger partial charge in [0.25, 0.3) is 0 Å². The number of esters is 1. The van der Waals surface area contributed by atoms with Crippen molar-refractivity contribution in [2.75, 3.05) is 7.11 Å². The number of hydrogen-bond acceptors (Lipinski definition) is 5. The lowest BCUT2D eigenvalue weighted by atomic mass is 9.64. The fraction of sp³-hybridized carbons (Fsp3) is 0.480. The Balaban J connectivity index is 1.86. The van der Waals surface area contributed by atoms with E-state index in [-0.39, 0.29) is 28.3 Å². The van der Waals surface area contributed by atoms with Gasteiger partial charge in [0.2, 0.25) is 0 Å². The van der Waals surface area contributed by atoms with Gasteiger partial charge >= 0.3 is 5.97 Å². The van der Waals surface area contributed by atoms with Crippen molar-refractivity contribution < 1.29 is 19.1 Å². The number of nitrogens with one attached hydrogen (secondary N) is 1. The van der Waals surface area contributed by atoms with Gasteiger partial charge in [0.05, 0.1) is 12.7 Å². The summed E-state index contributed by atoms with van der Waals surface area (Å²) in [6, 6.07) is 7.10. The molecule has 0 spiro atoms. The van der Waals surface area contributed by atoms with E-state index in [1.165, 1.54) is 7.11 Å². The highest BCUT2D eigenvalue weighted by Gasteiger charge is 2.46. The maximum absolute atomic E-state index is 13.3. The van der Waals surface area contributed by atoms with Gasteiger partial charge in [-0.2, -0.15) is 0 Å². The SMILES string of the molecule is COC(=O)c1ccc(C2C3=C(CC(C)(C)CC3=O)NC3=C2C(=O)CC(C)(C)C3)cc1. The molecule has 0 saturated heterocycles. The van der Waals surface area contributed by atoms with Crippen LogP contribution in [0, 0.1) is 10.8 Å². The van der Waals surface area contributed by atoms with E-state index in [4.69, 9.17) is 4.74 Å². The van der Waals surface area contributed by atoms with E-state index >= 15 is 0 Å². The third-order valence-corrected chi connectivity index (χ3v) is 6.38. The molecule has 1 aromatic rings. The largest absolute Gasteiger partial charge is 0.465 e. The van der Waals surface area contributed by atoms with E-state index in [0.29, 0.717) is 29.6 Å². The first-order chi connectivity index (χ1) is 14.0. The van der Waals surface area contributed by atoms with Crippen LogP contribution in [0.1, 0.15) is 75.2 Å². The lowest BCUT2D eigenvalue weighted by Crippen LogP contribution is -2.42. The molecule has 5 heteroatoms. The summed E-state index contributed by atoms with van der Waals surface area (Å²) in [5.74, 6) is -0.590. The number of ketones is 2. The van der Waals surface area contributed by atoms with Crippen LogP contribution >= 0.6 is 0 Å². The summed E-state index contributed by atoms with van der Waals surface area (Å²) in [5, 5.41) is 3.51. The van der Waals surface area contributed by atoms with Crippen LogP contribution in [-0.2, 0) is 14.3 Å². The van der Waals surface area contributed by atoms with Crippen molar-refractivity contribution in [2.45, 2.75) is 59.3 Å².